The summed E-state index contributed by atoms with van der Waals surface area (Å²) in [7, 11) is 0. The average molecular weight is 436 g/mol. The number of carboxylic acid groups (broad SMARTS) is 1. The Balaban J connectivity index is 5.00. The van der Waals surface area contributed by atoms with E-state index >= 15 is 0 Å². The number of amides is 4. The fourth-order valence-electron chi connectivity index (χ4n) is 2.23. The Morgan fingerprint density at radius 2 is 1.41 bits per heavy atom. The van der Waals surface area contributed by atoms with Gasteiger partial charge in [0.05, 0.1) is 19.1 Å². The molecule has 0 aliphatic rings. The number of aliphatic carboxylic acids is 1. The fraction of sp³-hybridized carbons (Fsp3) is 0.688. The Hall–Kier alpha value is -2.38. The number of primary amides is 1. The molecule has 0 bridgehead atoms. The van der Waals surface area contributed by atoms with E-state index in [1.54, 1.807) is 0 Å². The van der Waals surface area contributed by atoms with Crippen LogP contribution in [0.4, 0.5) is 0 Å². The molecule has 0 aromatic carbocycles. The number of rotatable bonds is 13. The molecule has 0 spiro atoms. The van der Waals surface area contributed by atoms with E-state index in [-0.39, 0.29) is 11.7 Å². The molecule has 0 heterocycles. The Labute approximate surface area is 173 Å². The largest absolute Gasteiger partial charge is 0.480 e. The van der Waals surface area contributed by atoms with Crippen LogP contribution < -0.4 is 27.4 Å². The van der Waals surface area contributed by atoms with E-state index in [4.69, 9.17) is 16.6 Å². The van der Waals surface area contributed by atoms with Gasteiger partial charge in [-0.05, 0) is 12.3 Å². The van der Waals surface area contributed by atoms with Gasteiger partial charge in [0.15, 0.2) is 0 Å². The molecular formula is C16H29N5O7S. The lowest BCUT2D eigenvalue weighted by Gasteiger charge is -2.23. The molecule has 0 aromatic rings. The molecule has 13 heteroatoms. The normalized spacial score (nSPS) is 15.0. The molecule has 0 aromatic heterocycles. The fourth-order valence-corrected chi connectivity index (χ4v) is 2.48. The van der Waals surface area contributed by atoms with E-state index in [1.807, 2.05) is 19.2 Å². The van der Waals surface area contributed by atoms with Crippen LogP contribution in [-0.4, -0.2) is 76.3 Å². The summed E-state index contributed by atoms with van der Waals surface area (Å²) in [6, 6.07) is -5.14. The highest BCUT2D eigenvalue weighted by Crippen LogP contribution is 2.03. The molecule has 0 unspecified atom stereocenters. The lowest BCUT2D eigenvalue weighted by atomic mass is 10.0. The first-order valence-electron chi connectivity index (χ1n) is 8.82. The smallest absolute Gasteiger partial charge is 0.326 e. The van der Waals surface area contributed by atoms with Crippen LogP contribution in [0.2, 0.25) is 0 Å². The molecule has 4 atom stereocenters. The van der Waals surface area contributed by atoms with Crippen molar-refractivity contribution in [1.29, 1.82) is 0 Å². The van der Waals surface area contributed by atoms with Gasteiger partial charge in [0.2, 0.25) is 23.6 Å². The number of aliphatic hydroxyl groups is 1. The Kier molecular flexibility index (Phi) is 11.9. The van der Waals surface area contributed by atoms with Crippen molar-refractivity contribution in [2.45, 2.75) is 50.9 Å². The van der Waals surface area contributed by atoms with E-state index in [0.717, 1.165) is 0 Å². The van der Waals surface area contributed by atoms with Crippen molar-refractivity contribution >= 4 is 42.2 Å². The van der Waals surface area contributed by atoms with Crippen molar-refractivity contribution in [3.8, 4) is 0 Å². The minimum atomic E-state index is -1.62. The highest BCUT2D eigenvalue weighted by atomic mass is 32.1. The highest BCUT2D eigenvalue weighted by molar-refractivity contribution is 7.80. The van der Waals surface area contributed by atoms with E-state index in [0.29, 0.717) is 6.42 Å². The molecular weight excluding hydrogens is 406 g/mol. The van der Waals surface area contributed by atoms with Gasteiger partial charge in [-0.3, -0.25) is 19.2 Å². The van der Waals surface area contributed by atoms with Crippen molar-refractivity contribution in [3.05, 3.63) is 0 Å². The number of carbonyl (C=O) groups is 5. The standard InChI is InChI=1S/C16H29N5O7S/c1-7(2)3-8(17)13(24)21-11(6-29)15(26)20-10(5-22)14(25)19-9(16(27)28)4-12(18)23/h7-11,22,29H,3-6,17H2,1-2H3,(H2,18,23)(H,19,25)(H,20,26)(H,21,24)(H,27,28)/t8-,9-,10-,11-/m0/s1. The molecule has 9 N–H and O–H groups in total. The summed E-state index contributed by atoms with van der Waals surface area (Å²) in [5.74, 6) is -4.89. The minimum absolute atomic E-state index is 0.120. The number of thiol groups is 1. The number of nitrogens with one attached hydrogen (secondary N) is 3. The van der Waals surface area contributed by atoms with Gasteiger partial charge in [-0.2, -0.15) is 12.6 Å². The predicted octanol–water partition coefficient (Wildman–Crippen LogP) is -3.30. The summed E-state index contributed by atoms with van der Waals surface area (Å²) < 4.78 is 0. The van der Waals surface area contributed by atoms with E-state index in [9.17, 15) is 29.1 Å². The van der Waals surface area contributed by atoms with Crippen LogP contribution in [0.1, 0.15) is 26.7 Å². The molecule has 0 rings (SSSR count). The monoisotopic (exact) mass is 435 g/mol. The third-order valence-corrected chi connectivity index (χ3v) is 4.08. The number of nitrogens with two attached hydrogens (primary N) is 2. The first kappa shape index (κ1) is 26.6. The van der Waals surface area contributed by atoms with Gasteiger partial charge in [-0.25, -0.2) is 4.79 Å². The van der Waals surface area contributed by atoms with Crippen molar-refractivity contribution in [3.63, 3.8) is 0 Å². The van der Waals surface area contributed by atoms with E-state index < -0.39 is 66.8 Å². The van der Waals surface area contributed by atoms with Crippen LogP contribution in [0.15, 0.2) is 0 Å². The van der Waals surface area contributed by atoms with Crippen LogP contribution in [-0.2, 0) is 24.0 Å². The van der Waals surface area contributed by atoms with Gasteiger partial charge in [0, 0.05) is 5.75 Å². The summed E-state index contributed by atoms with van der Waals surface area (Å²) in [5.41, 5.74) is 10.7. The molecule has 0 fully saturated rings. The van der Waals surface area contributed by atoms with Crippen LogP contribution in [0.25, 0.3) is 0 Å². The molecule has 166 valence electrons. The lowest BCUT2D eigenvalue weighted by Crippen LogP contribution is -2.58. The van der Waals surface area contributed by atoms with Gasteiger partial charge in [-0.15, -0.1) is 0 Å². The maximum absolute atomic E-state index is 12.3. The lowest BCUT2D eigenvalue weighted by molar-refractivity contribution is -0.144. The second-order valence-electron chi connectivity index (χ2n) is 6.79. The van der Waals surface area contributed by atoms with Gasteiger partial charge < -0.3 is 37.6 Å². The summed E-state index contributed by atoms with van der Waals surface area (Å²) in [5, 5.41) is 25.0. The van der Waals surface area contributed by atoms with Crippen molar-refractivity contribution in [2.75, 3.05) is 12.4 Å². The van der Waals surface area contributed by atoms with Crippen LogP contribution in [0.3, 0.4) is 0 Å². The van der Waals surface area contributed by atoms with Crippen molar-refractivity contribution in [2.24, 2.45) is 17.4 Å². The summed E-state index contributed by atoms with van der Waals surface area (Å²) >= 11 is 3.98. The Morgan fingerprint density at radius 3 is 1.83 bits per heavy atom. The molecule has 0 radical (unpaired) electrons. The first-order chi connectivity index (χ1) is 13.4. The van der Waals surface area contributed by atoms with Crippen molar-refractivity contribution in [1.82, 2.24) is 16.0 Å². The second kappa shape index (κ2) is 13.0. The highest BCUT2D eigenvalue weighted by Gasteiger charge is 2.30. The van der Waals surface area contributed by atoms with Crippen LogP contribution >= 0.6 is 12.6 Å². The number of hydrogen-bond acceptors (Lipinski definition) is 8. The maximum atomic E-state index is 12.3. The zero-order valence-corrected chi connectivity index (χ0v) is 17.1. The second-order valence-corrected chi connectivity index (χ2v) is 7.16. The van der Waals surface area contributed by atoms with Crippen LogP contribution in [0, 0.1) is 5.92 Å². The molecule has 4 amide bonds. The summed E-state index contributed by atoms with van der Waals surface area (Å²) in [4.78, 5) is 58.5. The van der Waals surface area contributed by atoms with Gasteiger partial charge >= 0.3 is 5.97 Å². The van der Waals surface area contributed by atoms with Gasteiger partial charge in [0.25, 0.3) is 0 Å². The molecule has 0 aliphatic heterocycles. The maximum Gasteiger partial charge on any atom is 0.326 e. The number of aliphatic hydroxyl groups excluding tert-OH is 1. The topological polar surface area (TPSA) is 214 Å². The average Bonchev–Trinajstić information content (AvgIpc) is 2.61. The Bertz CT molecular complexity index is 616. The number of carbonyl (C=O) groups excluding carboxylic acids is 4. The molecule has 0 saturated carbocycles. The molecule has 0 saturated heterocycles. The van der Waals surface area contributed by atoms with Gasteiger partial charge in [-0.1, -0.05) is 13.8 Å². The van der Waals surface area contributed by atoms with E-state index in [1.165, 1.54) is 0 Å². The number of hydrogen-bond donors (Lipinski definition) is 8. The zero-order chi connectivity index (χ0) is 22.7. The third kappa shape index (κ3) is 10.1. The molecule has 12 nitrogen and oxygen atoms in total. The summed E-state index contributed by atoms with van der Waals surface area (Å²) in [6.45, 7) is 2.90. The molecule has 29 heavy (non-hydrogen) atoms. The number of carboxylic acids is 1. The minimum Gasteiger partial charge on any atom is -0.480 e. The van der Waals surface area contributed by atoms with E-state index in [2.05, 4.69) is 23.3 Å². The SMILES string of the molecule is CC(C)C[C@H](N)C(=O)N[C@@H](CS)C(=O)N[C@@H](CO)C(=O)N[C@@H](CC(N)=O)C(=O)O. The quantitative estimate of drug-likeness (QED) is 0.137. The third-order valence-electron chi connectivity index (χ3n) is 3.71. The van der Waals surface area contributed by atoms with Crippen LogP contribution in [0.5, 0.6) is 0 Å². The predicted molar refractivity (Wildman–Crippen MR) is 106 cm³/mol. The molecule has 0 aliphatic carbocycles. The summed E-state index contributed by atoms with van der Waals surface area (Å²) in [6.07, 6.45) is -0.277. The van der Waals surface area contributed by atoms with Crippen molar-refractivity contribution < 1.29 is 34.2 Å². The Morgan fingerprint density at radius 1 is 0.931 bits per heavy atom. The first-order valence-corrected chi connectivity index (χ1v) is 9.45. The van der Waals surface area contributed by atoms with Gasteiger partial charge in [0.1, 0.15) is 18.1 Å². The zero-order valence-electron chi connectivity index (χ0n) is 16.3.